The van der Waals surface area contributed by atoms with E-state index in [1.165, 1.54) is 25.3 Å². The molecule has 7 heteroatoms. The predicted molar refractivity (Wildman–Crippen MR) is 110 cm³/mol. The van der Waals surface area contributed by atoms with E-state index >= 15 is 0 Å². The number of hydrogen-bond acceptors (Lipinski definition) is 5. The van der Waals surface area contributed by atoms with Crippen molar-refractivity contribution in [3.63, 3.8) is 0 Å². The molecule has 1 aromatic carbocycles. The summed E-state index contributed by atoms with van der Waals surface area (Å²) in [6.45, 7) is 3.96. The van der Waals surface area contributed by atoms with Gasteiger partial charge in [0.2, 0.25) is 0 Å². The first kappa shape index (κ1) is 22.5. The first-order valence-corrected chi connectivity index (χ1v) is 10.2. The minimum absolute atomic E-state index is 0.330. The molecule has 0 aromatic heterocycles. The number of benzene rings is 1. The summed E-state index contributed by atoms with van der Waals surface area (Å²) in [5, 5.41) is 5.28. The smallest absolute Gasteiger partial charge is 0.326 e. The largest absolute Gasteiger partial charge is 0.493 e. The molecule has 0 fully saturated rings. The molecule has 0 spiro atoms. The van der Waals surface area contributed by atoms with Gasteiger partial charge in [0.05, 0.1) is 12.2 Å². The van der Waals surface area contributed by atoms with Gasteiger partial charge in [-0.3, -0.25) is 14.4 Å². The van der Waals surface area contributed by atoms with Crippen LogP contribution in [0.25, 0.3) is 0 Å². The highest BCUT2D eigenvalue weighted by molar-refractivity contribution is 5.98. The van der Waals surface area contributed by atoms with E-state index in [1.54, 1.807) is 24.3 Å². The van der Waals surface area contributed by atoms with Crippen LogP contribution in [0.15, 0.2) is 35.9 Å². The minimum atomic E-state index is -0.921. The van der Waals surface area contributed by atoms with Crippen LogP contribution in [0.5, 0.6) is 5.75 Å². The Kier molecular flexibility index (Phi) is 9.21. The Hall–Kier alpha value is -2.83. The Morgan fingerprint density at radius 2 is 1.93 bits per heavy atom. The molecule has 0 heterocycles. The van der Waals surface area contributed by atoms with Crippen molar-refractivity contribution in [3.8, 4) is 5.75 Å². The summed E-state index contributed by atoms with van der Waals surface area (Å²) in [6, 6.07) is 6.78. The molecule has 1 atom stereocenters. The Labute approximate surface area is 171 Å². The summed E-state index contributed by atoms with van der Waals surface area (Å²) >= 11 is 0. The fraction of sp³-hybridized carbons (Fsp3) is 0.500. The molecule has 0 aliphatic heterocycles. The highest BCUT2D eigenvalue weighted by Crippen LogP contribution is 2.19. The lowest BCUT2D eigenvalue weighted by Gasteiger charge is -2.16. The van der Waals surface area contributed by atoms with Crippen LogP contribution in [0.2, 0.25) is 0 Å². The van der Waals surface area contributed by atoms with Gasteiger partial charge in [-0.25, -0.2) is 0 Å². The van der Waals surface area contributed by atoms with Crippen molar-refractivity contribution in [2.75, 3.05) is 19.7 Å². The fourth-order valence-corrected chi connectivity index (χ4v) is 3.10. The zero-order chi connectivity index (χ0) is 21.1. The number of para-hydroxylation sites is 1. The summed E-state index contributed by atoms with van der Waals surface area (Å²) in [5.74, 6) is -1.02. The number of esters is 1. The molecule has 2 N–H and O–H groups in total. The molecule has 1 aromatic rings. The maximum Gasteiger partial charge on any atom is 0.326 e. The summed E-state index contributed by atoms with van der Waals surface area (Å²) in [7, 11) is 0. The molecular weight excluding hydrogens is 372 g/mol. The molecule has 2 rings (SSSR count). The van der Waals surface area contributed by atoms with Crippen LogP contribution in [-0.2, 0) is 14.3 Å². The number of allylic oxidation sites excluding steroid dienone is 1. The molecule has 7 nitrogen and oxygen atoms in total. The maximum atomic E-state index is 12.3. The molecule has 1 aliphatic carbocycles. The lowest BCUT2D eigenvalue weighted by atomic mass is 9.97. The monoisotopic (exact) mass is 402 g/mol. The summed E-state index contributed by atoms with van der Waals surface area (Å²) in [6.07, 6.45) is 6.78. The summed E-state index contributed by atoms with van der Waals surface area (Å²) < 4.78 is 10.5. The number of ether oxygens (including phenoxy) is 2. The average Bonchev–Trinajstić information content (AvgIpc) is 2.73. The van der Waals surface area contributed by atoms with Crippen LogP contribution in [0.4, 0.5) is 0 Å². The van der Waals surface area contributed by atoms with Crippen LogP contribution in [0, 0.1) is 0 Å². The van der Waals surface area contributed by atoms with Gasteiger partial charge < -0.3 is 20.1 Å². The molecule has 1 aliphatic rings. The second-order valence-electron chi connectivity index (χ2n) is 6.89. The topological polar surface area (TPSA) is 93.7 Å². The molecule has 0 unspecified atom stereocenters. The molecule has 0 saturated carbocycles. The van der Waals surface area contributed by atoms with E-state index in [2.05, 4.69) is 16.7 Å². The Morgan fingerprint density at radius 1 is 1.14 bits per heavy atom. The third-order valence-corrected chi connectivity index (χ3v) is 4.63. The number of carbonyl (C=O) groups excluding carboxylic acids is 3. The van der Waals surface area contributed by atoms with E-state index in [1.807, 2.05) is 6.92 Å². The average molecular weight is 402 g/mol. The Bertz CT molecular complexity index is 744. The number of amides is 2. The van der Waals surface area contributed by atoms with Gasteiger partial charge >= 0.3 is 5.97 Å². The van der Waals surface area contributed by atoms with Crippen LogP contribution < -0.4 is 15.4 Å². The molecule has 0 radical (unpaired) electrons. The van der Waals surface area contributed by atoms with Gasteiger partial charge in [-0.1, -0.05) is 23.8 Å². The lowest BCUT2D eigenvalue weighted by molar-refractivity contribution is -0.153. The van der Waals surface area contributed by atoms with Crippen molar-refractivity contribution < 1.29 is 23.9 Å². The third-order valence-electron chi connectivity index (χ3n) is 4.63. The summed E-state index contributed by atoms with van der Waals surface area (Å²) in [5.41, 5.74) is 1.71. The van der Waals surface area contributed by atoms with Crippen LogP contribution in [0.1, 0.15) is 56.3 Å². The second-order valence-corrected chi connectivity index (χ2v) is 6.89. The second kappa shape index (κ2) is 11.9. The van der Waals surface area contributed by atoms with Crippen molar-refractivity contribution in [2.24, 2.45) is 0 Å². The fourth-order valence-electron chi connectivity index (χ4n) is 3.10. The zero-order valence-electron chi connectivity index (χ0n) is 17.2. The molecule has 0 bridgehead atoms. The maximum absolute atomic E-state index is 12.3. The van der Waals surface area contributed by atoms with E-state index in [-0.39, 0.29) is 12.5 Å². The molecule has 158 valence electrons. The zero-order valence-corrected chi connectivity index (χ0v) is 17.2. The van der Waals surface area contributed by atoms with E-state index in [4.69, 9.17) is 9.47 Å². The minimum Gasteiger partial charge on any atom is -0.493 e. The van der Waals surface area contributed by atoms with Crippen LogP contribution in [0.3, 0.4) is 0 Å². The van der Waals surface area contributed by atoms with E-state index in [0.29, 0.717) is 24.5 Å². The number of hydrogen-bond donors (Lipinski definition) is 2. The van der Waals surface area contributed by atoms with E-state index in [9.17, 15) is 14.4 Å². The van der Waals surface area contributed by atoms with Gasteiger partial charge in [-0.2, -0.15) is 0 Å². The molecule has 29 heavy (non-hydrogen) atoms. The normalized spacial score (nSPS) is 14.3. The third kappa shape index (κ3) is 7.60. The quantitative estimate of drug-likeness (QED) is 0.464. The number of carbonyl (C=O) groups is 3. The van der Waals surface area contributed by atoms with Crippen molar-refractivity contribution in [2.45, 2.75) is 52.1 Å². The van der Waals surface area contributed by atoms with E-state index in [0.717, 1.165) is 19.3 Å². The van der Waals surface area contributed by atoms with Gasteiger partial charge in [0.25, 0.3) is 11.8 Å². The number of nitrogens with one attached hydrogen (secondary N) is 2. The highest BCUT2D eigenvalue weighted by atomic mass is 16.5. The molecular formula is C22H30N2O5. The van der Waals surface area contributed by atoms with Crippen molar-refractivity contribution in [1.29, 1.82) is 0 Å². The standard InChI is InChI=1S/C22H30N2O5/c1-3-28-19-12-8-7-11-18(19)22(27)24-15-20(25)29-16(2)21(26)23-14-13-17-9-5-4-6-10-17/h7-9,11-12,16H,3-6,10,13-15H2,1-2H3,(H,23,26)(H,24,27)/t16-/m0/s1. The highest BCUT2D eigenvalue weighted by Gasteiger charge is 2.19. The SMILES string of the molecule is CCOc1ccccc1C(=O)NCC(=O)O[C@@H](C)C(=O)NCCC1=CCCCC1. The summed E-state index contributed by atoms with van der Waals surface area (Å²) in [4.78, 5) is 36.3. The predicted octanol–water partition coefficient (Wildman–Crippen LogP) is 2.75. The van der Waals surface area contributed by atoms with Gasteiger partial charge in [-0.05, 0) is 58.1 Å². The van der Waals surface area contributed by atoms with E-state index < -0.39 is 18.0 Å². The van der Waals surface area contributed by atoms with Crippen molar-refractivity contribution >= 4 is 17.8 Å². The van der Waals surface area contributed by atoms with Crippen molar-refractivity contribution in [3.05, 3.63) is 41.5 Å². The van der Waals surface area contributed by atoms with Gasteiger partial charge in [-0.15, -0.1) is 0 Å². The molecule has 0 saturated heterocycles. The Balaban J connectivity index is 1.71. The molecule has 2 amide bonds. The number of rotatable bonds is 10. The first-order valence-electron chi connectivity index (χ1n) is 10.2. The van der Waals surface area contributed by atoms with Crippen molar-refractivity contribution in [1.82, 2.24) is 10.6 Å². The van der Waals surface area contributed by atoms with Crippen LogP contribution in [-0.4, -0.2) is 43.6 Å². The van der Waals surface area contributed by atoms with Crippen LogP contribution >= 0.6 is 0 Å². The van der Waals surface area contributed by atoms with Gasteiger partial charge in [0.1, 0.15) is 12.3 Å². The first-order chi connectivity index (χ1) is 14.0. The lowest BCUT2D eigenvalue weighted by Crippen LogP contribution is -2.39. The Morgan fingerprint density at radius 3 is 2.66 bits per heavy atom. The van der Waals surface area contributed by atoms with Gasteiger partial charge in [0.15, 0.2) is 6.10 Å². The van der Waals surface area contributed by atoms with Gasteiger partial charge in [0, 0.05) is 6.54 Å².